The standard InChI is InChI=1S/2C6H10O3/c2*7-5-2-1-4(3-5)6(8)9/h2*4-5,7H,1-3H2,(H,8,9)/t4-,5+;4-,5-/m00/s1. The lowest BCUT2D eigenvalue weighted by molar-refractivity contribution is -0.142. The van der Waals surface area contributed by atoms with Gasteiger partial charge in [-0.05, 0) is 38.5 Å². The summed E-state index contributed by atoms with van der Waals surface area (Å²) in [7, 11) is 0. The lowest BCUT2D eigenvalue weighted by Crippen LogP contribution is -2.10. The summed E-state index contributed by atoms with van der Waals surface area (Å²) in [6.07, 6.45) is 2.71. The molecule has 0 radical (unpaired) electrons. The highest BCUT2D eigenvalue weighted by atomic mass is 16.4. The predicted molar refractivity (Wildman–Crippen MR) is 62.0 cm³/mol. The molecule has 0 aromatic carbocycles. The van der Waals surface area contributed by atoms with E-state index in [9.17, 15) is 9.59 Å². The van der Waals surface area contributed by atoms with Crippen LogP contribution in [0, 0.1) is 11.8 Å². The molecule has 2 saturated carbocycles. The molecule has 0 unspecified atom stereocenters. The summed E-state index contributed by atoms with van der Waals surface area (Å²) < 4.78 is 0. The van der Waals surface area contributed by atoms with Crippen molar-refractivity contribution in [3.63, 3.8) is 0 Å². The Morgan fingerprint density at radius 2 is 1.06 bits per heavy atom. The Labute approximate surface area is 105 Å². The summed E-state index contributed by atoms with van der Waals surface area (Å²) in [5.74, 6) is -2.13. The van der Waals surface area contributed by atoms with E-state index in [-0.39, 0.29) is 24.0 Å². The van der Waals surface area contributed by atoms with Crippen LogP contribution in [0.25, 0.3) is 0 Å². The van der Waals surface area contributed by atoms with Crippen molar-refractivity contribution in [3.8, 4) is 0 Å². The first-order chi connectivity index (χ1) is 8.40. The minimum Gasteiger partial charge on any atom is -0.481 e. The Balaban J connectivity index is 0.000000180. The number of hydrogen-bond acceptors (Lipinski definition) is 4. The van der Waals surface area contributed by atoms with Crippen LogP contribution in [0.2, 0.25) is 0 Å². The zero-order valence-corrected chi connectivity index (χ0v) is 10.2. The molecule has 0 bridgehead atoms. The lowest BCUT2D eigenvalue weighted by Gasteiger charge is -1.99. The van der Waals surface area contributed by atoms with Crippen LogP contribution in [0.3, 0.4) is 0 Å². The third-order valence-corrected chi connectivity index (χ3v) is 3.51. The van der Waals surface area contributed by atoms with E-state index in [1.54, 1.807) is 0 Å². The first-order valence-corrected chi connectivity index (χ1v) is 6.22. The maximum absolute atomic E-state index is 10.2. The molecule has 2 aliphatic rings. The molecule has 18 heavy (non-hydrogen) atoms. The average molecular weight is 260 g/mol. The number of aliphatic hydroxyl groups excluding tert-OH is 2. The molecule has 6 heteroatoms. The van der Waals surface area contributed by atoms with Crippen LogP contribution in [0.4, 0.5) is 0 Å². The highest BCUT2D eigenvalue weighted by Crippen LogP contribution is 2.25. The second-order valence-corrected chi connectivity index (χ2v) is 5.00. The maximum atomic E-state index is 10.2. The van der Waals surface area contributed by atoms with Crippen molar-refractivity contribution in [1.82, 2.24) is 0 Å². The Kier molecular flexibility index (Phi) is 5.55. The molecule has 0 aromatic heterocycles. The third kappa shape index (κ3) is 4.62. The van der Waals surface area contributed by atoms with Crippen molar-refractivity contribution in [3.05, 3.63) is 0 Å². The molecule has 0 heterocycles. The van der Waals surface area contributed by atoms with Crippen LogP contribution >= 0.6 is 0 Å². The zero-order valence-electron chi connectivity index (χ0n) is 10.2. The van der Waals surface area contributed by atoms with Gasteiger partial charge in [-0.1, -0.05) is 0 Å². The van der Waals surface area contributed by atoms with Gasteiger partial charge in [0.1, 0.15) is 0 Å². The molecule has 0 aromatic rings. The van der Waals surface area contributed by atoms with Crippen LogP contribution in [0.1, 0.15) is 38.5 Å². The van der Waals surface area contributed by atoms with E-state index in [2.05, 4.69) is 0 Å². The molecular weight excluding hydrogens is 240 g/mol. The summed E-state index contributed by atoms with van der Waals surface area (Å²) in [5, 5.41) is 34.6. The summed E-state index contributed by atoms with van der Waals surface area (Å²) >= 11 is 0. The van der Waals surface area contributed by atoms with E-state index in [1.165, 1.54) is 0 Å². The van der Waals surface area contributed by atoms with E-state index >= 15 is 0 Å². The molecule has 6 nitrogen and oxygen atoms in total. The van der Waals surface area contributed by atoms with Gasteiger partial charge in [-0.2, -0.15) is 0 Å². The van der Waals surface area contributed by atoms with Gasteiger partial charge in [0.05, 0.1) is 24.0 Å². The van der Waals surface area contributed by atoms with Gasteiger partial charge in [-0.3, -0.25) is 9.59 Å². The molecule has 0 amide bonds. The monoisotopic (exact) mass is 260 g/mol. The highest BCUT2D eigenvalue weighted by Gasteiger charge is 2.28. The molecule has 0 saturated heterocycles. The highest BCUT2D eigenvalue weighted by molar-refractivity contribution is 5.70. The van der Waals surface area contributed by atoms with E-state index < -0.39 is 11.9 Å². The van der Waals surface area contributed by atoms with Crippen LogP contribution in [-0.4, -0.2) is 44.6 Å². The van der Waals surface area contributed by atoms with Gasteiger partial charge in [0.25, 0.3) is 0 Å². The molecule has 2 rings (SSSR count). The Morgan fingerprint density at radius 3 is 1.17 bits per heavy atom. The zero-order chi connectivity index (χ0) is 13.7. The molecule has 4 atom stereocenters. The SMILES string of the molecule is O=C(O)[C@H]1CC[C@@H](O)C1.O=C(O)[C@H]1CC[C@H](O)C1. The number of carboxylic acids is 2. The average Bonchev–Trinajstić information content (AvgIpc) is 2.88. The van der Waals surface area contributed by atoms with E-state index in [4.69, 9.17) is 20.4 Å². The molecule has 4 N–H and O–H groups in total. The van der Waals surface area contributed by atoms with E-state index in [1.807, 2.05) is 0 Å². The van der Waals surface area contributed by atoms with Gasteiger partial charge in [-0.25, -0.2) is 0 Å². The smallest absolute Gasteiger partial charge is 0.306 e. The molecule has 0 aliphatic heterocycles. The van der Waals surface area contributed by atoms with E-state index in [0.717, 1.165) is 0 Å². The van der Waals surface area contributed by atoms with Gasteiger partial charge in [-0.15, -0.1) is 0 Å². The van der Waals surface area contributed by atoms with Gasteiger partial charge >= 0.3 is 11.9 Å². The normalized spacial score (nSPS) is 34.8. The van der Waals surface area contributed by atoms with E-state index in [0.29, 0.717) is 38.5 Å². The fourth-order valence-electron chi connectivity index (χ4n) is 2.36. The Morgan fingerprint density at radius 1 is 0.722 bits per heavy atom. The number of carbonyl (C=O) groups is 2. The molecule has 2 fully saturated rings. The topological polar surface area (TPSA) is 115 Å². The number of aliphatic hydroxyl groups is 2. The van der Waals surface area contributed by atoms with Crippen molar-refractivity contribution in [1.29, 1.82) is 0 Å². The van der Waals surface area contributed by atoms with Crippen molar-refractivity contribution in [2.45, 2.75) is 50.7 Å². The predicted octanol–water partition coefficient (Wildman–Crippen LogP) is 0.464. The largest absolute Gasteiger partial charge is 0.481 e. The first-order valence-electron chi connectivity index (χ1n) is 6.22. The second-order valence-electron chi connectivity index (χ2n) is 5.00. The molecule has 0 spiro atoms. The van der Waals surface area contributed by atoms with Crippen LogP contribution in [0.15, 0.2) is 0 Å². The molecule has 104 valence electrons. The summed E-state index contributed by atoms with van der Waals surface area (Å²) in [6.45, 7) is 0. The van der Waals surface area contributed by atoms with Crippen molar-refractivity contribution < 1.29 is 30.0 Å². The lowest BCUT2D eigenvalue weighted by atomic mass is 10.1. The number of aliphatic carboxylic acids is 2. The van der Waals surface area contributed by atoms with Crippen molar-refractivity contribution in [2.75, 3.05) is 0 Å². The van der Waals surface area contributed by atoms with Gasteiger partial charge < -0.3 is 20.4 Å². The fourth-order valence-corrected chi connectivity index (χ4v) is 2.36. The van der Waals surface area contributed by atoms with Gasteiger partial charge in [0.2, 0.25) is 0 Å². The van der Waals surface area contributed by atoms with Crippen LogP contribution < -0.4 is 0 Å². The number of carboxylic acid groups (broad SMARTS) is 2. The summed E-state index contributed by atoms with van der Waals surface area (Å²) in [5.41, 5.74) is 0. The molecular formula is C12H20O6. The van der Waals surface area contributed by atoms with Crippen molar-refractivity contribution >= 4 is 11.9 Å². The Bertz CT molecular complexity index is 273. The number of rotatable bonds is 2. The fraction of sp³-hybridized carbons (Fsp3) is 0.833. The van der Waals surface area contributed by atoms with Crippen LogP contribution in [-0.2, 0) is 9.59 Å². The first kappa shape index (κ1) is 14.9. The summed E-state index contributed by atoms with van der Waals surface area (Å²) in [4.78, 5) is 20.5. The number of hydrogen-bond donors (Lipinski definition) is 4. The quantitative estimate of drug-likeness (QED) is 0.573. The minimum atomic E-state index is -0.772. The maximum Gasteiger partial charge on any atom is 0.306 e. The Hall–Kier alpha value is -1.14. The second kappa shape index (κ2) is 6.70. The van der Waals surface area contributed by atoms with Gasteiger partial charge in [0, 0.05) is 0 Å². The van der Waals surface area contributed by atoms with Gasteiger partial charge in [0.15, 0.2) is 0 Å². The van der Waals surface area contributed by atoms with Crippen LogP contribution in [0.5, 0.6) is 0 Å². The van der Waals surface area contributed by atoms with Crippen molar-refractivity contribution in [2.24, 2.45) is 11.8 Å². The molecule has 2 aliphatic carbocycles. The summed E-state index contributed by atoms with van der Waals surface area (Å²) in [6, 6.07) is 0. The third-order valence-electron chi connectivity index (χ3n) is 3.51. The minimum absolute atomic E-state index is 0.292.